The molecule has 0 aliphatic heterocycles. The lowest BCUT2D eigenvalue weighted by Gasteiger charge is -2.08. The lowest BCUT2D eigenvalue weighted by molar-refractivity contribution is 0.102. The summed E-state index contributed by atoms with van der Waals surface area (Å²) < 4.78 is 0.758. The number of nitrogens with two attached hydrogens (primary N) is 1. The summed E-state index contributed by atoms with van der Waals surface area (Å²) in [4.78, 5) is 12.1. The number of hydrogen-bond acceptors (Lipinski definition) is 2. The van der Waals surface area contributed by atoms with E-state index in [2.05, 4.69) is 21.2 Å². The number of nitrogens with one attached hydrogen (secondary N) is 1. The molecule has 1 amide bonds. The Morgan fingerprint density at radius 1 is 1.26 bits per heavy atom. The van der Waals surface area contributed by atoms with E-state index in [1.807, 2.05) is 13.0 Å². The Balaban J connectivity index is 2.20. The molecule has 5 heteroatoms. The van der Waals surface area contributed by atoms with Crippen molar-refractivity contribution in [1.82, 2.24) is 0 Å². The maximum absolute atomic E-state index is 12.1. The lowest BCUT2D eigenvalue weighted by Crippen LogP contribution is -2.12. The number of rotatable bonds is 2. The van der Waals surface area contributed by atoms with Crippen LogP contribution in [0.15, 0.2) is 40.9 Å². The van der Waals surface area contributed by atoms with Gasteiger partial charge in [-0.2, -0.15) is 0 Å². The highest BCUT2D eigenvalue weighted by Crippen LogP contribution is 2.24. The standard InChI is InChI=1S/C14H12BrClN2O/c1-8-6-10(3-5-13(8)17)18-14(19)9-2-4-11(15)12(16)7-9/h2-7H,17H2,1H3,(H,18,19). The average molecular weight is 340 g/mol. The van der Waals surface area contributed by atoms with E-state index >= 15 is 0 Å². The van der Waals surface area contributed by atoms with Crippen LogP contribution in [0.1, 0.15) is 15.9 Å². The molecule has 3 nitrogen and oxygen atoms in total. The van der Waals surface area contributed by atoms with Crippen molar-refractivity contribution in [3.63, 3.8) is 0 Å². The van der Waals surface area contributed by atoms with Gasteiger partial charge in [0.05, 0.1) is 5.02 Å². The molecule has 19 heavy (non-hydrogen) atoms. The molecule has 0 aromatic heterocycles. The van der Waals surface area contributed by atoms with Crippen LogP contribution in [0.2, 0.25) is 5.02 Å². The Kier molecular flexibility index (Phi) is 4.12. The topological polar surface area (TPSA) is 55.1 Å². The maximum Gasteiger partial charge on any atom is 0.255 e. The van der Waals surface area contributed by atoms with Crippen LogP contribution in [0.5, 0.6) is 0 Å². The number of carbonyl (C=O) groups excluding carboxylic acids is 1. The second kappa shape index (κ2) is 5.63. The van der Waals surface area contributed by atoms with E-state index in [9.17, 15) is 4.79 Å². The van der Waals surface area contributed by atoms with E-state index in [1.54, 1.807) is 30.3 Å². The van der Waals surface area contributed by atoms with Crippen molar-refractivity contribution in [3.8, 4) is 0 Å². The quantitative estimate of drug-likeness (QED) is 0.804. The summed E-state index contributed by atoms with van der Waals surface area (Å²) in [6.07, 6.45) is 0. The highest BCUT2D eigenvalue weighted by atomic mass is 79.9. The number of amides is 1. The molecular weight excluding hydrogens is 328 g/mol. The Bertz CT molecular complexity index is 643. The highest BCUT2D eigenvalue weighted by molar-refractivity contribution is 9.10. The van der Waals surface area contributed by atoms with E-state index in [0.717, 1.165) is 10.0 Å². The Hall–Kier alpha value is -1.52. The van der Waals surface area contributed by atoms with Gasteiger partial charge in [-0.3, -0.25) is 4.79 Å². The zero-order chi connectivity index (χ0) is 14.0. The summed E-state index contributed by atoms with van der Waals surface area (Å²) in [6, 6.07) is 10.4. The van der Waals surface area contributed by atoms with Crippen molar-refractivity contribution < 1.29 is 4.79 Å². The minimum atomic E-state index is -0.210. The molecule has 2 aromatic rings. The third-order valence-electron chi connectivity index (χ3n) is 2.71. The number of nitrogen functional groups attached to an aromatic ring is 1. The first-order chi connectivity index (χ1) is 8.97. The second-order valence-electron chi connectivity index (χ2n) is 4.15. The predicted octanol–water partition coefficient (Wildman–Crippen LogP) is 4.25. The van der Waals surface area contributed by atoms with E-state index < -0.39 is 0 Å². The van der Waals surface area contributed by atoms with Gasteiger partial charge in [0.25, 0.3) is 5.91 Å². The van der Waals surface area contributed by atoms with Crippen LogP contribution in [0.25, 0.3) is 0 Å². The number of hydrogen-bond donors (Lipinski definition) is 2. The molecule has 0 saturated heterocycles. The number of benzene rings is 2. The Morgan fingerprint density at radius 3 is 2.63 bits per heavy atom. The van der Waals surface area contributed by atoms with E-state index in [4.69, 9.17) is 17.3 Å². The van der Waals surface area contributed by atoms with Crippen LogP contribution in [0.3, 0.4) is 0 Å². The zero-order valence-electron chi connectivity index (χ0n) is 10.2. The summed E-state index contributed by atoms with van der Waals surface area (Å²) in [5.74, 6) is -0.210. The van der Waals surface area contributed by atoms with Crippen molar-refractivity contribution >= 4 is 44.8 Å². The summed E-state index contributed by atoms with van der Waals surface area (Å²) in [5.41, 5.74) is 8.56. The van der Waals surface area contributed by atoms with Gasteiger partial charge in [-0.05, 0) is 64.8 Å². The van der Waals surface area contributed by atoms with Crippen molar-refractivity contribution in [2.24, 2.45) is 0 Å². The smallest absolute Gasteiger partial charge is 0.255 e. The highest BCUT2D eigenvalue weighted by Gasteiger charge is 2.08. The monoisotopic (exact) mass is 338 g/mol. The molecule has 2 rings (SSSR count). The van der Waals surface area contributed by atoms with Crippen LogP contribution < -0.4 is 11.1 Å². The van der Waals surface area contributed by atoms with Gasteiger partial charge in [0.1, 0.15) is 0 Å². The van der Waals surface area contributed by atoms with Crippen molar-refractivity contribution in [2.45, 2.75) is 6.92 Å². The molecule has 0 heterocycles. The Morgan fingerprint density at radius 2 is 2.00 bits per heavy atom. The van der Waals surface area contributed by atoms with Gasteiger partial charge in [0.2, 0.25) is 0 Å². The summed E-state index contributed by atoms with van der Waals surface area (Å²) in [5, 5.41) is 3.31. The lowest BCUT2D eigenvalue weighted by atomic mass is 10.1. The van der Waals surface area contributed by atoms with Crippen LogP contribution >= 0.6 is 27.5 Å². The van der Waals surface area contributed by atoms with E-state index in [1.165, 1.54) is 0 Å². The third-order valence-corrected chi connectivity index (χ3v) is 3.94. The Labute approximate surface area is 124 Å². The average Bonchev–Trinajstić information content (AvgIpc) is 2.37. The molecule has 0 aliphatic rings. The fraction of sp³-hybridized carbons (Fsp3) is 0.0714. The van der Waals surface area contributed by atoms with E-state index in [-0.39, 0.29) is 5.91 Å². The van der Waals surface area contributed by atoms with Gasteiger partial charge < -0.3 is 11.1 Å². The minimum absolute atomic E-state index is 0.210. The molecule has 2 aromatic carbocycles. The van der Waals surface area contributed by atoms with Crippen molar-refractivity contribution in [2.75, 3.05) is 11.1 Å². The zero-order valence-corrected chi connectivity index (χ0v) is 12.5. The summed E-state index contributed by atoms with van der Waals surface area (Å²) in [6.45, 7) is 1.89. The first-order valence-corrected chi connectivity index (χ1v) is 6.77. The predicted molar refractivity (Wildman–Crippen MR) is 82.7 cm³/mol. The van der Waals surface area contributed by atoms with Gasteiger partial charge in [-0.25, -0.2) is 0 Å². The fourth-order valence-corrected chi connectivity index (χ4v) is 2.02. The summed E-state index contributed by atoms with van der Waals surface area (Å²) >= 11 is 9.25. The van der Waals surface area contributed by atoms with Crippen LogP contribution in [-0.4, -0.2) is 5.91 Å². The third kappa shape index (κ3) is 3.28. The van der Waals surface area contributed by atoms with Crippen molar-refractivity contribution in [1.29, 1.82) is 0 Å². The van der Waals surface area contributed by atoms with Crippen LogP contribution in [0, 0.1) is 6.92 Å². The molecule has 3 N–H and O–H groups in total. The number of halogens is 2. The van der Waals surface area contributed by atoms with Crippen LogP contribution in [-0.2, 0) is 0 Å². The second-order valence-corrected chi connectivity index (χ2v) is 5.42. The van der Waals surface area contributed by atoms with Gasteiger partial charge in [-0.1, -0.05) is 11.6 Å². The van der Waals surface area contributed by atoms with Gasteiger partial charge in [0, 0.05) is 21.4 Å². The fourth-order valence-electron chi connectivity index (χ4n) is 1.59. The first kappa shape index (κ1) is 13.9. The number of anilines is 2. The summed E-state index contributed by atoms with van der Waals surface area (Å²) in [7, 11) is 0. The molecule has 0 saturated carbocycles. The molecule has 0 atom stereocenters. The first-order valence-electron chi connectivity index (χ1n) is 5.60. The number of carbonyl (C=O) groups is 1. The van der Waals surface area contributed by atoms with Gasteiger partial charge in [-0.15, -0.1) is 0 Å². The maximum atomic E-state index is 12.1. The molecule has 98 valence electrons. The van der Waals surface area contributed by atoms with E-state index in [0.29, 0.717) is 22.0 Å². The van der Waals surface area contributed by atoms with Gasteiger partial charge >= 0.3 is 0 Å². The molecule has 0 unspecified atom stereocenters. The van der Waals surface area contributed by atoms with Crippen molar-refractivity contribution in [3.05, 3.63) is 57.0 Å². The molecule has 0 spiro atoms. The van der Waals surface area contributed by atoms with Gasteiger partial charge in [0.15, 0.2) is 0 Å². The minimum Gasteiger partial charge on any atom is -0.399 e. The van der Waals surface area contributed by atoms with Crippen LogP contribution in [0.4, 0.5) is 11.4 Å². The molecular formula is C14H12BrClN2O. The normalized spacial score (nSPS) is 10.3. The molecule has 0 fully saturated rings. The molecule has 0 bridgehead atoms. The SMILES string of the molecule is Cc1cc(NC(=O)c2ccc(Br)c(Cl)c2)ccc1N. The molecule has 0 aliphatic carbocycles. The largest absolute Gasteiger partial charge is 0.399 e. The molecule has 0 radical (unpaired) electrons. The number of aryl methyl sites for hydroxylation is 1.